The van der Waals surface area contributed by atoms with Gasteiger partial charge in [-0.25, -0.2) is 15.1 Å². The minimum Gasteiger partial charge on any atom is -0.453 e. The monoisotopic (exact) mass is 443 g/mol. The lowest BCUT2D eigenvalue weighted by molar-refractivity contribution is 0.482. The van der Waals surface area contributed by atoms with Crippen LogP contribution in [0.15, 0.2) is 52.4 Å². The maximum Gasteiger partial charge on any atom is 0.188 e. The number of hydrogen-bond acceptors (Lipinski definition) is 8. The Kier molecular flexibility index (Phi) is 5.35. The minimum absolute atomic E-state index is 0.599. The summed E-state index contributed by atoms with van der Waals surface area (Å²) in [6.07, 6.45) is 3.16. The van der Waals surface area contributed by atoms with Crippen LogP contribution in [0.1, 0.15) is 11.5 Å². The van der Waals surface area contributed by atoms with Gasteiger partial charge < -0.3 is 10.1 Å². The van der Waals surface area contributed by atoms with E-state index in [0.717, 1.165) is 33.3 Å². The second kappa shape index (κ2) is 8.23. The number of thiazole rings is 1. The van der Waals surface area contributed by atoms with Crippen LogP contribution < -0.4 is 10.1 Å². The van der Waals surface area contributed by atoms with Crippen LogP contribution in [-0.2, 0) is 12.8 Å². The molecule has 136 valence electrons. The summed E-state index contributed by atoms with van der Waals surface area (Å²) in [6.45, 7) is 0. The van der Waals surface area contributed by atoms with Gasteiger partial charge in [0, 0.05) is 28.5 Å². The van der Waals surface area contributed by atoms with Crippen molar-refractivity contribution in [1.82, 2.24) is 30.6 Å². The van der Waals surface area contributed by atoms with Crippen molar-refractivity contribution in [2.75, 3.05) is 5.32 Å². The molecule has 0 aliphatic rings. The molecule has 3 aromatic heterocycles. The summed E-state index contributed by atoms with van der Waals surface area (Å²) in [6, 6.07) is 11.4. The third-order valence-corrected chi connectivity index (χ3v) is 4.81. The molecule has 3 heterocycles. The van der Waals surface area contributed by atoms with Gasteiger partial charge in [-0.3, -0.25) is 0 Å². The third-order valence-electron chi connectivity index (χ3n) is 3.57. The number of pyridine rings is 1. The van der Waals surface area contributed by atoms with Gasteiger partial charge in [-0.2, -0.15) is 0 Å². The second-order valence-electron chi connectivity index (χ2n) is 5.53. The van der Waals surface area contributed by atoms with Gasteiger partial charge in [0.15, 0.2) is 16.7 Å². The highest BCUT2D eigenvalue weighted by Gasteiger charge is 2.11. The molecule has 27 heavy (non-hydrogen) atoms. The Morgan fingerprint density at radius 3 is 2.89 bits per heavy atom. The number of halogens is 1. The summed E-state index contributed by atoms with van der Waals surface area (Å²) < 4.78 is 6.79. The predicted octanol–water partition coefficient (Wildman–Crippen LogP) is 4.13. The number of rotatable bonds is 7. The molecule has 4 aromatic rings. The lowest BCUT2D eigenvalue weighted by atomic mass is 10.2. The number of aryl methyl sites for hydroxylation is 2. The summed E-state index contributed by atoms with van der Waals surface area (Å²) in [5.41, 5.74) is 0.960. The zero-order chi connectivity index (χ0) is 18.5. The molecule has 0 aliphatic heterocycles. The summed E-state index contributed by atoms with van der Waals surface area (Å²) >= 11 is 4.95. The molecule has 0 aliphatic carbocycles. The highest BCUT2D eigenvalue weighted by Crippen LogP contribution is 2.33. The number of anilines is 2. The fourth-order valence-corrected chi connectivity index (χ4v) is 3.37. The van der Waals surface area contributed by atoms with Crippen molar-refractivity contribution in [1.29, 1.82) is 0 Å². The molecule has 4 rings (SSSR count). The fraction of sp³-hybridized carbons (Fsp3) is 0.118. The Hall–Kier alpha value is -2.85. The standard InChI is InChI=1S/C17H14BrN7OS/c18-11-8-14(26-13-4-2-1-3-5-13)16(19-9-11)21-17-20-12(10-27-17)6-7-15-22-24-25-23-15/h1-5,8-10H,6-7H2,(H,19,20,21)(H,22,23,24,25). The Labute approximate surface area is 167 Å². The number of aromatic amines is 1. The molecule has 0 fully saturated rings. The van der Waals surface area contributed by atoms with Crippen LogP contribution in [-0.4, -0.2) is 30.6 Å². The first-order valence-electron chi connectivity index (χ1n) is 8.09. The van der Waals surface area contributed by atoms with E-state index < -0.39 is 0 Å². The van der Waals surface area contributed by atoms with Crippen molar-refractivity contribution in [3.8, 4) is 11.5 Å². The van der Waals surface area contributed by atoms with Crippen LogP contribution in [0, 0.1) is 0 Å². The summed E-state index contributed by atoms with van der Waals surface area (Å²) in [5, 5.41) is 19.7. The number of H-pyrrole nitrogens is 1. The smallest absolute Gasteiger partial charge is 0.188 e. The highest BCUT2D eigenvalue weighted by atomic mass is 79.9. The van der Waals surface area contributed by atoms with Gasteiger partial charge in [-0.05, 0) is 44.9 Å². The summed E-state index contributed by atoms with van der Waals surface area (Å²) in [7, 11) is 0. The normalized spacial score (nSPS) is 10.7. The van der Waals surface area contributed by atoms with E-state index in [4.69, 9.17) is 4.74 Å². The molecule has 2 N–H and O–H groups in total. The number of para-hydroxylation sites is 1. The first kappa shape index (κ1) is 17.6. The topological polar surface area (TPSA) is 102 Å². The van der Waals surface area contributed by atoms with E-state index in [-0.39, 0.29) is 0 Å². The zero-order valence-electron chi connectivity index (χ0n) is 14.0. The average Bonchev–Trinajstić information content (AvgIpc) is 3.35. The van der Waals surface area contributed by atoms with Gasteiger partial charge in [0.1, 0.15) is 11.6 Å². The van der Waals surface area contributed by atoms with Crippen molar-refractivity contribution >= 4 is 38.2 Å². The van der Waals surface area contributed by atoms with E-state index in [9.17, 15) is 0 Å². The predicted molar refractivity (Wildman–Crippen MR) is 105 cm³/mol. The Morgan fingerprint density at radius 1 is 1.19 bits per heavy atom. The molecule has 0 saturated carbocycles. The summed E-state index contributed by atoms with van der Waals surface area (Å²) in [4.78, 5) is 9.01. The van der Waals surface area contributed by atoms with Crippen LogP contribution in [0.2, 0.25) is 0 Å². The van der Waals surface area contributed by atoms with Crippen LogP contribution >= 0.6 is 27.3 Å². The van der Waals surface area contributed by atoms with Crippen molar-refractivity contribution < 1.29 is 4.74 Å². The Morgan fingerprint density at radius 2 is 2.07 bits per heavy atom. The number of nitrogens with zero attached hydrogens (tertiary/aromatic N) is 5. The van der Waals surface area contributed by atoms with Crippen LogP contribution in [0.5, 0.6) is 11.5 Å². The van der Waals surface area contributed by atoms with E-state index in [2.05, 4.69) is 51.8 Å². The molecule has 0 atom stereocenters. The van der Waals surface area contributed by atoms with Gasteiger partial charge in [0.05, 0.1) is 5.69 Å². The number of nitrogens with one attached hydrogen (secondary N) is 2. The van der Waals surface area contributed by atoms with Gasteiger partial charge >= 0.3 is 0 Å². The maximum atomic E-state index is 5.96. The van der Waals surface area contributed by atoms with Crippen LogP contribution in [0.25, 0.3) is 0 Å². The molecular formula is C17H14BrN7OS. The fourth-order valence-electron chi connectivity index (χ4n) is 2.32. The molecule has 0 saturated heterocycles. The molecule has 0 bridgehead atoms. The van der Waals surface area contributed by atoms with E-state index in [1.165, 1.54) is 11.3 Å². The van der Waals surface area contributed by atoms with Crippen molar-refractivity contribution in [2.45, 2.75) is 12.8 Å². The van der Waals surface area contributed by atoms with E-state index in [1.54, 1.807) is 6.20 Å². The lowest BCUT2D eigenvalue weighted by Gasteiger charge is -2.11. The van der Waals surface area contributed by atoms with Gasteiger partial charge in [0.25, 0.3) is 0 Å². The van der Waals surface area contributed by atoms with Gasteiger partial charge in [-0.15, -0.1) is 16.4 Å². The summed E-state index contributed by atoms with van der Waals surface area (Å²) in [5.74, 6) is 2.69. The second-order valence-corrected chi connectivity index (χ2v) is 7.31. The number of aromatic nitrogens is 6. The average molecular weight is 444 g/mol. The Balaban J connectivity index is 1.47. The SMILES string of the molecule is Brc1cnc(Nc2nc(CCc3nnn[nH]3)cs2)c(Oc2ccccc2)c1. The number of hydrogen-bond donors (Lipinski definition) is 2. The van der Waals surface area contributed by atoms with Crippen LogP contribution in [0.4, 0.5) is 10.9 Å². The third kappa shape index (κ3) is 4.66. The van der Waals surface area contributed by atoms with Gasteiger partial charge in [0.2, 0.25) is 0 Å². The Bertz CT molecular complexity index is 1010. The lowest BCUT2D eigenvalue weighted by Crippen LogP contribution is -1.98. The van der Waals surface area contributed by atoms with Gasteiger partial charge in [-0.1, -0.05) is 18.2 Å². The van der Waals surface area contributed by atoms with Crippen LogP contribution in [0.3, 0.4) is 0 Å². The molecule has 1 aromatic carbocycles. The highest BCUT2D eigenvalue weighted by molar-refractivity contribution is 9.10. The van der Waals surface area contributed by atoms with Crippen molar-refractivity contribution in [2.24, 2.45) is 0 Å². The first-order chi connectivity index (χ1) is 13.3. The van der Waals surface area contributed by atoms with Crippen molar-refractivity contribution in [3.63, 3.8) is 0 Å². The molecular weight excluding hydrogens is 430 g/mol. The molecule has 0 spiro atoms. The van der Waals surface area contributed by atoms with Crippen molar-refractivity contribution in [3.05, 3.63) is 64.0 Å². The first-order valence-corrected chi connectivity index (χ1v) is 9.76. The molecule has 8 nitrogen and oxygen atoms in total. The number of ether oxygens (including phenoxy) is 1. The molecule has 0 amide bonds. The number of benzene rings is 1. The largest absolute Gasteiger partial charge is 0.453 e. The molecule has 0 unspecified atom stereocenters. The zero-order valence-corrected chi connectivity index (χ0v) is 16.4. The maximum absolute atomic E-state index is 5.96. The van der Waals surface area contributed by atoms with E-state index >= 15 is 0 Å². The minimum atomic E-state index is 0.599. The van der Waals surface area contributed by atoms with E-state index in [1.807, 2.05) is 41.8 Å². The quantitative estimate of drug-likeness (QED) is 0.442. The number of tetrazole rings is 1. The van der Waals surface area contributed by atoms with E-state index in [0.29, 0.717) is 18.0 Å². The molecule has 0 radical (unpaired) electrons. The molecule has 10 heteroatoms.